The molecule has 4 rings (SSSR count). The fraction of sp³-hybridized carbons (Fsp3) is 0. The van der Waals surface area contributed by atoms with Crippen LogP contribution in [-0.2, 0) is 0 Å². The van der Waals surface area contributed by atoms with Gasteiger partial charge in [-0.1, -0.05) is 12.1 Å². The molecule has 1 amide bonds. The van der Waals surface area contributed by atoms with Crippen molar-refractivity contribution in [3.05, 3.63) is 73.8 Å². The molecule has 138 valence electrons. The normalized spacial score (nSPS) is 10.8. The number of aromatic nitrogens is 3. The average Bonchev–Trinajstić information content (AvgIpc) is 3.14. The highest BCUT2D eigenvalue weighted by Gasteiger charge is 2.17. The summed E-state index contributed by atoms with van der Waals surface area (Å²) in [5.74, 6) is -0.183. The number of non-ortho nitro benzene ring substituents is 1. The number of benzene rings is 1. The first-order chi connectivity index (χ1) is 13.5. The molecule has 0 saturated heterocycles. The zero-order chi connectivity index (χ0) is 19.7. The van der Waals surface area contributed by atoms with E-state index >= 15 is 0 Å². The van der Waals surface area contributed by atoms with Crippen molar-refractivity contribution in [3.8, 4) is 11.1 Å². The van der Waals surface area contributed by atoms with Crippen molar-refractivity contribution in [1.82, 2.24) is 15.0 Å². The Morgan fingerprint density at radius 3 is 2.79 bits per heavy atom. The standard InChI is InChI=1S/C18H10BrN5O3S/c19-18-21-14(9-28-18)17(25)23-16-13(8-11-4-2-6-20-15(11)22-16)10-3-1-5-12(7-10)24(26)27/h1-9H,(H,20,22,23,25). The number of fused-ring (bicyclic) bond motifs is 1. The molecule has 1 N–H and O–H groups in total. The molecule has 0 bridgehead atoms. The van der Waals surface area contributed by atoms with Crippen molar-refractivity contribution in [2.45, 2.75) is 0 Å². The predicted molar refractivity (Wildman–Crippen MR) is 109 cm³/mol. The first kappa shape index (κ1) is 18.1. The highest BCUT2D eigenvalue weighted by molar-refractivity contribution is 9.11. The zero-order valence-electron chi connectivity index (χ0n) is 14.0. The lowest BCUT2D eigenvalue weighted by molar-refractivity contribution is -0.384. The highest BCUT2D eigenvalue weighted by Crippen LogP contribution is 2.32. The molecular formula is C18H10BrN5O3S. The Balaban J connectivity index is 1.84. The molecule has 0 atom stereocenters. The third kappa shape index (κ3) is 3.59. The molecule has 10 heteroatoms. The van der Waals surface area contributed by atoms with E-state index in [0.717, 1.165) is 5.39 Å². The maximum absolute atomic E-state index is 12.6. The summed E-state index contributed by atoms with van der Waals surface area (Å²) in [7, 11) is 0. The highest BCUT2D eigenvalue weighted by atomic mass is 79.9. The maximum atomic E-state index is 12.6. The van der Waals surface area contributed by atoms with Gasteiger partial charge in [0.1, 0.15) is 11.5 Å². The molecule has 0 saturated carbocycles. The molecule has 3 aromatic heterocycles. The van der Waals surface area contributed by atoms with Gasteiger partial charge in [-0.05, 0) is 39.7 Å². The second-order valence-electron chi connectivity index (χ2n) is 5.68. The fourth-order valence-electron chi connectivity index (χ4n) is 2.64. The largest absolute Gasteiger partial charge is 0.305 e. The number of carbonyl (C=O) groups is 1. The van der Waals surface area contributed by atoms with Crippen LogP contribution in [0.5, 0.6) is 0 Å². The number of anilines is 1. The molecule has 8 nitrogen and oxygen atoms in total. The number of nitrogens with one attached hydrogen (secondary N) is 1. The van der Waals surface area contributed by atoms with E-state index < -0.39 is 10.8 Å². The summed E-state index contributed by atoms with van der Waals surface area (Å²) in [5, 5.41) is 16.3. The van der Waals surface area contributed by atoms with E-state index in [0.29, 0.717) is 20.7 Å². The molecule has 1 aromatic carbocycles. The predicted octanol–water partition coefficient (Wildman–Crippen LogP) is 4.68. The minimum atomic E-state index is -0.468. The molecular weight excluding hydrogens is 446 g/mol. The van der Waals surface area contributed by atoms with Crippen LogP contribution in [0.15, 0.2) is 58.0 Å². The van der Waals surface area contributed by atoms with Crippen LogP contribution in [-0.4, -0.2) is 25.8 Å². The van der Waals surface area contributed by atoms with Gasteiger partial charge in [0.25, 0.3) is 11.6 Å². The molecule has 28 heavy (non-hydrogen) atoms. The van der Waals surface area contributed by atoms with Gasteiger partial charge >= 0.3 is 0 Å². The molecule has 0 aliphatic rings. The molecule has 4 aromatic rings. The minimum absolute atomic E-state index is 0.0514. The van der Waals surface area contributed by atoms with Gasteiger partial charge in [0.05, 0.1) is 4.92 Å². The average molecular weight is 456 g/mol. The first-order valence-corrected chi connectivity index (χ1v) is 9.61. The smallest absolute Gasteiger partial charge is 0.276 e. The lowest BCUT2D eigenvalue weighted by Gasteiger charge is -2.11. The Morgan fingerprint density at radius 1 is 1.18 bits per heavy atom. The monoisotopic (exact) mass is 455 g/mol. The summed E-state index contributed by atoms with van der Waals surface area (Å²) in [6, 6.07) is 11.6. The summed E-state index contributed by atoms with van der Waals surface area (Å²) in [6.45, 7) is 0. The Morgan fingerprint density at radius 2 is 2.04 bits per heavy atom. The number of nitro benzene ring substituents is 1. The fourth-order valence-corrected chi connectivity index (χ4v) is 3.63. The zero-order valence-corrected chi connectivity index (χ0v) is 16.4. The van der Waals surface area contributed by atoms with Crippen molar-refractivity contribution < 1.29 is 9.72 Å². The van der Waals surface area contributed by atoms with Crippen molar-refractivity contribution >= 4 is 55.7 Å². The van der Waals surface area contributed by atoms with Crippen LogP contribution >= 0.6 is 27.3 Å². The Hall–Kier alpha value is -3.24. The van der Waals surface area contributed by atoms with Crippen molar-refractivity contribution in [2.24, 2.45) is 0 Å². The van der Waals surface area contributed by atoms with Crippen LogP contribution in [0.1, 0.15) is 10.5 Å². The van der Waals surface area contributed by atoms with Gasteiger partial charge in [-0.2, -0.15) is 0 Å². The second-order valence-corrected chi connectivity index (χ2v) is 7.82. The van der Waals surface area contributed by atoms with Gasteiger partial charge < -0.3 is 5.32 Å². The summed E-state index contributed by atoms with van der Waals surface area (Å²) < 4.78 is 0.588. The lowest BCUT2D eigenvalue weighted by Crippen LogP contribution is -2.14. The molecule has 0 radical (unpaired) electrons. The van der Waals surface area contributed by atoms with E-state index in [9.17, 15) is 14.9 Å². The van der Waals surface area contributed by atoms with Gasteiger partial charge in [0.2, 0.25) is 0 Å². The van der Waals surface area contributed by atoms with Gasteiger partial charge in [-0.3, -0.25) is 14.9 Å². The molecule has 3 heterocycles. The number of thiazole rings is 1. The van der Waals surface area contributed by atoms with Gasteiger partial charge in [-0.25, -0.2) is 15.0 Å². The second kappa shape index (κ2) is 7.41. The van der Waals surface area contributed by atoms with Crippen molar-refractivity contribution in [2.75, 3.05) is 5.32 Å². The van der Waals surface area contributed by atoms with Gasteiger partial charge in [0.15, 0.2) is 9.56 Å². The number of hydrogen-bond acceptors (Lipinski definition) is 7. The molecule has 0 fully saturated rings. The molecule has 0 spiro atoms. The van der Waals surface area contributed by atoms with Crippen molar-refractivity contribution in [3.63, 3.8) is 0 Å². The number of nitro groups is 1. The van der Waals surface area contributed by atoms with Crippen LogP contribution < -0.4 is 5.32 Å². The number of halogens is 1. The third-order valence-electron chi connectivity index (χ3n) is 3.90. The Labute approximate surface area is 170 Å². The van der Waals surface area contributed by atoms with E-state index in [4.69, 9.17) is 0 Å². The van der Waals surface area contributed by atoms with Crippen LogP contribution in [0.25, 0.3) is 22.2 Å². The number of carbonyl (C=O) groups excluding carboxylic acids is 1. The molecule has 0 aliphatic carbocycles. The third-order valence-corrected chi connectivity index (χ3v) is 5.26. The van der Waals surface area contributed by atoms with Gasteiger partial charge in [0, 0.05) is 34.7 Å². The van der Waals surface area contributed by atoms with Crippen LogP contribution in [0.2, 0.25) is 0 Å². The number of hydrogen-bond donors (Lipinski definition) is 1. The van der Waals surface area contributed by atoms with E-state index in [1.54, 1.807) is 35.8 Å². The number of nitrogens with zero attached hydrogens (tertiary/aromatic N) is 4. The summed E-state index contributed by atoms with van der Waals surface area (Å²) >= 11 is 4.52. The van der Waals surface area contributed by atoms with Crippen LogP contribution in [0, 0.1) is 10.1 Å². The maximum Gasteiger partial charge on any atom is 0.276 e. The minimum Gasteiger partial charge on any atom is -0.305 e. The summed E-state index contributed by atoms with van der Waals surface area (Å²) in [5.41, 5.74) is 1.75. The van der Waals surface area contributed by atoms with Crippen molar-refractivity contribution in [1.29, 1.82) is 0 Å². The summed E-state index contributed by atoms with van der Waals surface area (Å²) in [4.78, 5) is 36.0. The Bertz CT molecular complexity index is 1230. The molecule has 0 unspecified atom stereocenters. The van der Waals surface area contributed by atoms with E-state index in [2.05, 4.69) is 36.2 Å². The lowest BCUT2D eigenvalue weighted by atomic mass is 10.0. The Kier molecular flexibility index (Phi) is 4.80. The van der Waals surface area contributed by atoms with Crippen LogP contribution in [0.4, 0.5) is 11.5 Å². The van der Waals surface area contributed by atoms with Gasteiger partial charge in [-0.15, -0.1) is 11.3 Å². The number of pyridine rings is 2. The first-order valence-electron chi connectivity index (χ1n) is 7.94. The number of rotatable bonds is 4. The van der Waals surface area contributed by atoms with Crippen LogP contribution in [0.3, 0.4) is 0 Å². The van der Waals surface area contributed by atoms with E-state index in [1.807, 2.05) is 6.07 Å². The van der Waals surface area contributed by atoms with E-state index in [-0.39, 0.29) is 17.2 Å². The molecule has 0 aliphatic heterocycles. The quantitative estimate of drug-likeness (QED) is 0.353. The SMILES string of the molecule is O=C(Nc1nc2ncccc2cc1-c1cccc([N+](=O)[O-])c1)c1csc(Br)n1. The van der Waals surface area contributed by atoms with E-state index in [1.165, 1.54) is 23.5 Å². The number of amides is 1. The topological polar surface area (TPSA) is 111 Å². The summed E-state index contributed by atoms with van der Waals surface area (Å²) in [6.07, 6.45) is 1.60.